The minimum absolute atomic E-state index is 0.198. The van der Waals surface area contributed by atoms with Gasteiger partial charge in [-0.15, -0.1) is 0 Å². The largest absolute Gasteiger partial charge is 0.508 e. The van der Waals surface area contributed by atoms with E-state index in [1.165, 1.54) is 19.2 Å². The Labute approximate surface area is 70.3 Å². The average molecular weight is 166 g/mol. The summed E-state index contributed by atoms with van der Waals surface area (Å²) in [6.45, 7) is 0. The molecule has 0 saturated heterocycles. The van der Waals surface area contributed by atoms with Gasteiger partial charge < -0.3 is 15.7 Å². The second kappa shape index (κ2) is 3.61. The van der Waals surface area contributed by atoms with Crippen molar-refractivity contribution in [2.45, 2.75) is 0 Å². The van der Waals surface area contributed by atoms with E-state index in [0.29, 0.717) is 0 Å². The zero-order valence-electron chi connectivity index (χ0n) is 6.69. The minimum Gasteiger partial charge on any atom is -0.508 e. The number of hydrogen-bond donors (Lipinski definition) is 2. The molecule has 0 bridgehead atoms. The highest BCUT2D eigenvalue weighted by Crippen LogP contribution is 2.08. The van der Waals surface area contributed by atoms with Crippen molar-refractivity contribution in [1.29, 1.82) is 0 Å². The molecular weight excluding hydrogens is 156 g/mol. The number of nitrogens with two attached hydrogens (primary N) is 1. The molecule has 0 aliphatic carbocycles. The summed E-state index contributed by atoms with van der Waals surface area (Å²) in [4.78, 5) is 4.49. The van der Waals surface area contributed by atoms with E-state index in [-0.39, 0.29) is 11.6 Å². The SMILES string of the molecule is CON=C(N)c1ccc(O)cc1. The second-order valence-corrected chi connectivity index (χ2v) is 2.21. The van der Waals surface area contributed by atoms with Crippen LogP contribution in [0.1, 0.15) is 5.56 Å². The second-order valence-electron chi connectivity index (χ2n) is 2.21. The molecule has 3 N–H and O–H groups in total. The fourth-order valence-corrected chi connectivity index (χ4v) is 0.783. The summed E-state index contributed by atoms with van der Waals surface area (Å²) in [6, 6.07) is 6.39. The fourth-order valence-electron chi connectivity index (χ4n) is 0.783. The molecule has 0 spiro atoms. The Kier molecular flexibility index (Phi) is 2.53. The molecule has 0 unspecified atom stereocenters. The number of rotatable bonds is 2. The number of benzene rings is 1. The van der Waals surface area contributed by atoms with Crippen LogP contribution in [0, 0.1) is 0 Å². The van der Waals surface area contributed by atoms with E-state index in [9.17, 15) is 0 Å². The monoisotopic (exact) mass is 166 g/mol. The summed E-state index contributed by atoms with van der Waals surface area (Å²) in [5.41, 5.74) is 6.22. The number of oxime groups is 1. The van der Waals surface area contributed by atoms with Gasteiger partial charge in [0.25, 0.3) is 0 Å². The van der Waals surface area contributed by atoms with Crippen LogP contribution in [0.25, 0.3) is 0 Å². The van der Waals surface area contributed by atoms with Crippen molar-refractivity contribution in [3.8, 4) is 5.75 Å². The van der Waals surface area contributed by atoms with Gasteiger partial charge in [0, 0.05) is 5.56 Å². The third-order valence-corrected chi connectivity index (χ3v) is 1.35. The van der Waals surface area contributed by atoms with Crippen LogP contribution < -0.4 is 5.73 Å². The van der Waals surface area contributed by atoms with Gasteiger partial charge >= 0.3 is 0 Å². The topological polar surface area (TPSA) is 67.8 Å². The van der Waals surface area contributed by atoms with E-state index in [1.54, 1.807) is 12.1 Å². The predicted molar refractivity (Wildman–Crippen MR) is 45.8 cm³/mol. The third-order valence-electron chi connectivity index (χ3n) is 1.35. The maximum atomic E-state index is 8.96. The first-order chi connectivity index (χ1) is 5.74. The Morgan fingerprint density at radius 2 is 2.00 bits per heavy atom. The highest BCUT2D eigenvalue weighted by molar-refractivity contribution is 5.97. The van der Waals surface area contributed by atoms with Gasteiger partial charge in [0.05, 0.1) is 0 Å². The van der Waals surface area contributed by atoms with Crippen molar-refractivity contribution < 1.29 is 9.94 Å². The van der Waals surface area contributed by atoms with Crippen LogP contribution in [0.3, 0.4) is 0 Å². The van der Waals surface area contributed by atoms with Gasteiger partial charge in [0.15, 0.2) is 5.84 Å². The standard InChI is InChI=1S/C8H10N2O2/c1-12-10-8(9)6-2-4-7(11)5-3-6/h2-5,11H,1H3,(H2,9,10). The normalized spacial score (nSPS) is 11.2. The Morgan fingerprint density at radius 3 is 2.50 bits per heavy atom. The van der Waals surface area contributed by atoms with Crippen molar-refractivity contribution in [2.75, 3.05) is 7.11 Å². The molecule has 0 amide bonds. The molecular formula is C8H10N2O2. The fraction of sp³-hybridized carbons (Fsp3) is 0.125. The average Bonchev–Trinajstić information content (AvgIpc) is 2.06. The Morgan fingerprint density at radius 1 is 1.42 bits per heavy atom. The van der Waals surface area contributed by atoms with Gasteiger partial charge in [-0.3, -0.25) is 0 Å². The van der Waals surface area contributed by atoms with E-state index < -0.39 is 0 Å². The molecule has 0 atom stereocenters. The molecule has 1 aromatic carbocycles. The molecule has 4 heteroatoms. The van der Waals surface area contributed by atoms with Crippen molar-refractivity contribution >= 4 is 5.84 Å². The summed E-state index contributed by atoms with van der Waals surface area (Å²) in [7, 11) is 1.42. The maximum absolute atomic E-state index is 8.96. The summed E-state index contributed by atoms with van der Waals surface area (Å²) in [6.07, 6.45) is 0. The first kappa shape index (κ1) is 8.39. The van der Waals surface area contributed by atoms with Gasteiger partial charge in [-0.2, -0.15) is 0 Å². The van der Waals surface area contributed by atoms with E-state index >= 15 is 0 Å². The van der Waals surface area contributed by atoms with Crippen LogP contribution in [0.2, 0.25) is 0 Å². The van der Waals surface area contributed by atoms with Crippen LogP contribution in [0.5, 0.6) is 5.75 Å². The van der Waals surface area contributed by atoms with E-state index in [4.69, 9.17) is 10.8 Å². The van der Waals surface area contributed by atoms with E-state index in [2.05, 4.69) is 9.99 Å². The first-order valence-electron chi connectivity index (χ1n) is 3.40. The lowest BCUT2D eigenvalue weighted by Gasteiger charge is -1.98. The Balaban J connectivity index is 2.89. The van der Waals surface area contributed by atoms with Crippen LogP contribution >= 0.6 is 0 Å². The number of amidine groups is 1. The number of hydrogen-bond acceptors (Lipinski definition) is 3. The molecule has 64 valence electrons. The molecule has 1 rings (SSSR count). The van der Waals surface area contributed by atoms with Crippen molar-refractivity contribution in [1.82, 2.24) is 0 Å². The first-order valence-corrected chi connectivity index (χ1v) is 3.40. The number of nitrogens with zero attached hydrogens (tertiary/aromatic N) is 1. The summed E-state index contributed by atoms with van der Waals surface area (Å²) in [5.74, 6) is 0.487. The predicted octanol–water partition coefficient (Wildman–Crippen LogP) is 0.659. The highest BCUT2D eigenvalue weighted by Gasteiger charge is 1.97. The van der Waals surface area contributed by atoms with Gasteiger partial charge in [0.1, 0.15) is 12.9 Å². The van der Waals surface area contributed by atoms with Gasteiger partial charge in [-0.25, -0.2) is 0 Å². The highest BCUT2D eigenvalue weighted by atomic mass is 16.6. The Bertz CT molecular complexity index is 280. The summed E-state index contributed by atoms with van der Waals surface area (Å²) >= 11 is 0. The lowest BCUT2D eigenvalue weighted by molar-refractivity contribution is 0.213. The number of phenols is 1. The van der Waals surface area contributed by atoms with Gasteiger partial charge in [-0.1, -0.05) is 5.16 Å². The summed E-state index contributed by atoms with van der Waals surface area (Å²) < 4.78 is 0. The van der Waals surface area contributed by atoms with E-state index in [0.717, 1.165) is 5.56 Å². The molecule has 0 aliphatic heterocycles. The number of phenolic OH excluding ortho intramolecular Hbond substituents is 1. The number of aromatic hydroxyl groups is 1. The van der Waals surface area contributed by atoms with Gasteiger partial charge in [-0.05, 0) is 24.3 Å². The van der Waals surface area contributed by atoms with Crippen molar-refractivity contribution in [2.24, 2.45) is 10.9 Å². The molecule has 0 aromatic heterocycles. The van der Waals surface area contributed by atoms with Crippen LogP contribution in [-0.4, -0.2) is 18.1 Å². The lowest BCUT2D eigenvalue weighted by atomic mass is 10.2. The van der Waals surface area contributed by atoms with Crippen LogP contribution in [0.15, 0.2) is 29.4 Å². The molecule has 0 radical (unpaired) electrons. The van der Waals surface area contributed by atoms with Crippen molar-refractivity contribution in [3.63, 3.8) is 0 Å². The van der Waals surface area contributed by atoms with Gasteiger partial charge in [0.2, 0.25) is 0 Å². The molecule has 0 fully saturated rings. The van der Waals surface area contributed by atoms with Crippen LogP contribution in [0.4, 0.5) is 0 Å². The molecule has 1 aromatic rings. The van der Waals surface area contributed by atoms with E-state index in [1.807, 2.05) is 0 Å². The zero-order chi connectivity index (χ0) is 8.97. The summed E-state index contributed by atoms with van der Waals surface area (Å²) in [5, 5.41) is 12.5. The maximum Gasteiger partial charge on any atom is 0.170 e. The molecule has 0 heterocycles. The lowest BCUT2D eigenvalue weighted by Crippen LogP contribution is -2.13. The molecule has 0 aliphatic rings. The third kappa shape index (κ3) is 1.88. The van der Waals surface area contributed by atoms with Crippen molar-refractivity contribution in [3.05, 3.63) is 29.8 Å². The van der Waals surface area contributed by atoms with Crippen LogP contribution in [-0.2, 0) is 4.84 Å². The minimum atomic E-state index is 0.198. The zero-order valence-corrected chi connectivity index (χ0v) is 6.69. The quantitative estimate of drug-likeness (QED) is 0.385. The molecule has 12 heavy (non-hydrogen) atoms. The molecule has 0 saturated carbocycles. The smallest absolute Gasteiger partial charge is 0.170 e. The molecule has 4 nitrogen and oxygen atoms in total. The Hall–Kier alpha value is -1.71.